The highest BCUT2D eigenvalue weighted by molar-refractivity contribution is 7.51. The van der Waals surface area contributed by atoms with Crippen molar-refractivity contribution < 1.29 is 33.8 Å². The third-order valence-corrected chi connectivity index (χ3v) is 3.71. The van der Waals surface area contributed by atoms with E-state index in [0.717, 1.165) is 6.66 Å². The molecule has 0 aliphatic carbocycles. The Morgan fingerprint density at radius 3 is 1.71 bits per heavy atom. The fourth-order valence-corrected chi connectivity index (χ4v) is 2.55. The van der Waals surface area contributed by atoms with Crippen molar-refractivity contribution in [1.29, 1.82) is 0 Å². The SMILES string of the molecule is CP(=O)(O)OC(CNC(=O)CCCCO)CNC(=O)CCCCO. The summed E-state index contributed by atoms with van der Waals surface area (Å²) in [6.07, 6.45) is 1.79. The molecule has 0 saturated carbocycles. The number of unbranched alkanes of at least 4 members (excludes halogenated alkanes) is 2. The first kappa shape index (κ1) is 23.0. The standard InChI is InChI=1S/C14H29N2O7P/c1-24(21,22)23-12(10-15-13(19)6-2-4-8-17)11-16-14(20)7-3-5-9-18/h12,17-18H,2-11H2,1H3,(H,15,19)(H,16,20)(H,21,22). The van der Waals surface area contributed by atoms with Crippen LogP contribution in [0.25, 0.3) is 0 Å². The third kappa shape index (κ3) is 14.6. The van der Waals surface area contributed by atoms with E-state index in [1.165, 1.54) is 0 Å². The molecule has 10 heteroatoms. The van der Waals surface area contributed by atoms with Gasteiger partial charge in [0.25, 0.3) is 0 Å². The van der Waals surface area contributed by atoms with Crippen LogP contribution in [0.4, 0.5) is 0 Å². The maximum atomic E-state index is 11.6. The Hall–Kier alpha value is -0.990. The van der Waals surface area contributed by atoms with Crippen molar-refractivity contribution in [2.75, 3.05) is 33.0 Å². The monoisotopic (exact) mass is 368 g/mol. The lowest BCUT2D eigenvalue weighted by Crippen LogP contribution is -2.41. The van der Waals surface area contributed by atoms with E-state index in [1.807, 2.05) is 0 Å². The summed E-state index contributed by atoms with van der Waals surface area (Å²) in [5.74, 6) is -0.509. The Morgan fingerprint density at radius 2 is 1.38 bits per heavy atom. The fraction of sp³-hybridized carbons (Fsp3) is 0.857. The van der Waals surface area contributed by atoms with Crippen LogP contribution in [0, 0.1) is 0 Å². The van der Waals surface area contributed by atoms with E-state index in [2.05, 4.69) is 10.6 Å². The molecular formula is C14H29N2O7P. The minimum atomic E-state index is -3.76. The predicted octanol–water partition coefficient (Wildman–Crippen LogP) is -0.256. The average Bonchev–Trinajstić information content (AvgIpc) is 2.49. The number of nitrogens with one attached hydrogen (secondary N) is 2. The molecule has 0 spiro atoms. The molecule has 0 aliphatic heterocycles. The summed E-state index contributed by atoms with van der Waals surface area (Å²) in [5, 5.41) is 22.5. The largest absolute Gasteiger partial charge is 0.396 e. The van der Waals surface area contributed by atoms with E-state index in [0.29, 0.717) is 25.7 Å². The molecule has 0 rings (SSSR count). The normalized spacial score (nSPS) is 13.5. The molecule has 9 nitrogen and oxygen atoms in total. The molecule has 0 aliphatic rings. The van der Waals surface area contributed by atoms with Gasteiger partial charge in [-0.05, 0) is 25.7 Å². The second-order valence-corrected chi connectivity index (χ2v) is 7.32. The van der Waals surface area contributed by atoms with E-state index in [9.17, 15) is 19.0 Å². The minimum absolute atomic E-state index is 0.00668. The molecule has 1 atom stereocenters. The maximum Gasteiger partial charge on any atom is 0.325 e. The van der Waals surface area contributed by atoms with Crippen LogP contribution in [-0.4, -0.2) is 66.0 Å². The van der Waals surface area contributed by atoms with Crippen LogP contribution in [-0.2, 0) is 18.7 Å². The molecule has 2 amide bonds. The molecule has 0 aromatic rings. The van der Waals surface area contributed by atoms with Crippen molar-refractivity contribution >= 4 is 19.4 Å². The number of carbonyl (C=O) groups is 2. The number of rotatable bonds is 14. The second kappa shape index (κ2) is 13.3. The van der Waals surface area contributed by atoms with Gasteiger partial charge in [-0.2, -0.15) is 0 Å². The summed E-state index contributed by atoms with van der Waals surface area (Å²) in [6, 6.07) is 0. The Kier molecular flexibility index (Phi) is 12.8. The maximum absolute atomic E-state index is 11.6. The van der Waals surface area contributed by atoms with Crippen LogP contribution in [0.1, 0.15) is 38.5 Å². The number of hydrogen-bond acceptors (Lipinski definition) is 6. The fourth-order valence-electron chi connectivity index (χ4n) is 1.85. The lowest BCUT2D eigenvalue weighted by Gasteiger charge is -2.20. The van der Waals surface area contributed by atoms with Crippen LogP contribution in [0.5, 0.6) is 0 Å². The van der Waals surface area contributed by atoms with Gasteiger partial charge in [0.15, 0.2) is 0 Å². The summed E-state index contributed by atoms with van der Waals surface area (Å²) >= 11 is 0. The zero-order valence-corrected chi connectivity index (χ0v) is 15.0. The molecule has 1 unspecified atom stereocenters. The molecule has 0 saturated heterocycles. The highest BCUT2D eigenvalue weighted by atomic mass is 31.2. The van der Waals surface area contributed by atoms with E-state index in [4.69, 9.17) is 14.7 Å². The van der Waals surface area contributed by atoms with Crippen molar-refractivity contribution in [2.24, 2.45) is 0 Å². The first-order chi connectivity index (χ1) is 11.3. The van der Waals surface area contributed by atoms with Crippen LogP contribution < -0.4 is 10.6 Å². The highest BCUT2D eigenvalue weighted by Gasteiger charge is 2.20. The van der Waals surface area contributed by atoms with Gasteiger partial charge in [0, 0.05) is 45.8 Å². The molecule has 0 radical (unpaired) electrons. The highest BCUT2D eigenvalue weighted by Crippen LogP contribution is 2.37. The van der Waals surface area contributed by atoms with Gasteiger partial charge in [-0.3, -0.25) is 14.2 Å². The average molecular weight is 368 g/mol. The molecule has 0 heterocycles. The molecular weight excluding hydrogens is 339 g/mol. The Balaban J connectivity index is 4.25. The number of carbonyl (C=O) groups excluding carboxylic acids is 2. The zero-order valence-electron chi connectivity index (χ0n) is 14.1. The van der Waals surface area contributed by atoms with Gasteiger partial charge in [-0.15, -0.1) is 0 Å². The zero-order chi connectivity index (χ0) is 18.4. The van der Waals surface area contributed by atoms with E-state index in [-0.39, 0.29) is 51.0 Å². The molecule has 0 aromatic heterocycles. The number of aliphatic hydroxyl groups excluding tert-OH is 2. The Morgan fingerprint density at radius 1 is 0.958 bits per heavy atom. The molecule has 142 valence electrons. The van der Waals surface area contributed by atoms with Crippen LogP contribution in [0.15, 0.2) is 0 Å². The number of aliphatic hydroxyl groups is 2. The Bertz CT molecular complexity index is 388. The quantitative estimate of drug-likeness (QED) is 0.210. The summed E-state index contributed by atoms with van der Waals surface area (Å²) in [4.78, 5) is 32.5. The van der Waals surface area contributed by atoms with Crippen LogP contribution in [0.3, 0.4) is 0 Å². The number of hydrogen-bond donors (Lipinski definition) is 5. The molecule has 5 N–H and O–H groups in total. The molecule has 24 heavy (non-hydrogen) atoms. The van der Waals surface area contributed by atoms with Gasteiger partial charge < -0.3 is 30.3 Å². The van der Waals surface area contributed by atoms with E-state index < -0.39 is 13.7 Å². The van der Waals surface area contributed by atoms with Crippen LogP contribution >= 0.6 is 7.60 Å². The summed E-state index contributed by atoms with van der Waals surface area (Å²) in [6.45, 7) is 1.06. The van der Waals surface area contributed by atoms with E-state index >= 15 is 0 Å². The van der Waals surface area contributed by atoms with E-state index in [1.54, 1.807) is 0 Å². The van der Waals surface area contributed by atoms with Crippen LogP contribution in [0.2, 0.25) is 0 Å². The van der Waals surface area contributed by atoms with Crippen molar-refractivity contribution in [3.63, 3.8) is 0 Å². The first-order valence-electron chi connectivity index (χ1n) is 8.02. The smallest absolute Gasteiger partial charge is 0.325 e. The predicted molar refractivity (Wildman–Crippen MR) is 88.5 cm³/mol. The third-order valence-electron chi connectivity index (χ3n) is 3.02. The van der Waals surface area contributed by atoms with Gasteiger partial charge in [0.05, 0.1) is 0 Å². The van der Waals surface area contributed by atoms with Gasteiger partial charge in [0.1, 0.15) is 6.10 Å². The topological polar surface area (TPSA) is 145 Å². The summed E-state index contributed by atoms with van der Waals surface area (Å²) < 4.78 is 16.4. The van der Waals surface area contributed by atoms with Crippen molar-refractivity contribution in [2.45, 2.75) is 44.6 Å². The molecule has 0 aromatic carbocycles. The van der Waals surface area contributed by atoms with Gasteiger partial charge >= 0.3 is 7.60 Å². The molecule has 0 bridgehead atoms. The van der Waals surface area contributed by atoms with Crippen molar-refractivity contribution in [3.8, 4) is 0 Å². The lowest BCUT2D eigenvalue weighted by molar-refractivity contribution is -0.121. The summed E-state index contributed by atoms with van der Waals surface area (Å²) in [5.41, 5.74) is 0. The number of amides is 2. The van der Waals surface area contributed by atoms with Crippen molar-refractivity contribution in [1.82, 2.24) is 10.6 Å². The van der Waals surface area contributed by atoms with Gasteiger partial charge in [-0.1, -0.05) is 0 Å². The Labute approximate surface area is 142 Å². The summed E-state index contributed by atoms with van der Waals surface area (Å²) in [7, 11) is -3.76. The van der Waals surface area contributed by atoms with Gasteiger partial charge in [0.2, 0.25) is 11.8 Å². The van der Waals surface area contributed by atoms with Gasteiger partial charge in [-0.25, -0.2) is 0 Å². The van der Waals surface area contributed by atoms with Crippen molar-refractivity contribution in [3.05, 3.63) is 0 Å². The second-order valence-electron chi connectivity index (χ2n) is 5.50. The molecule has 0 fully saturated rings. The first-order valence-corrected chi connectivity index (χ1v) is 10.0. The minimum Gasteiger partial charge on any atom is -0.396 e. The lowest BCUT2D eigenvalue weighted by atomic mass is 10.2.